The highest BCUT2D eigenvalue weighted by Crippen LogP contribution is 2.17. The summed E-state index contributed by atoms with van der Waals surface area (Å²) in [5.41, 5.74) is 0. The lowest BCUT2D eigenvalue weighted by atomic mass is 9.93. The van der Waals surface area contributed by atoms with Crippen molar-refractivity contribution in [3.8, 4) is 0 Å². The molecule has 1 aliphatic rings. The molecule has 1 aliphatic heterocycles. The predicted octanol–water partition coefficient (Wildman–Crippen LogP) is 1.77. The molecular weight excluding hydrogens is 283 g/mol. The van der Waals surface area contributed by atoms with Crippen LogP contribution in [0.15, 0.2) is 0 Å². The van der Waals surface area contributed by atoms with Gasteiger partial charge in [-0.3, -0.25) is 9.69 Å². The van der Waals surface area contributed by atoms with Crippen molar-refractivity contribution in [2.75, 3.05) is 39.8 Å². The molecule has 0 atom stereocenters. The quantitative estimate of drug-likeness (QED) is 0.672. The van der Waals surface area contributed by atoms with Gasteiger partial charge in [0.1, 0.15) is 0 Å². The van der Waals surface area contributed by atoms with Crippen LogP contribution in [-0.4, -0.2) is 56.8 Å². The van der Waals surface area contributed by atoms with Gasteiger partial charge >= 0.3 is 6.18 Å². The summed E-state index contributed by atoms with van der Waals surface area (Å²) in [5.74, 6) is 0.627. The fourth-order valence-corrected chi connectivity index (χ4v) is 2.56. The van der Waals surface area contributed by atoms with Crippen LogP contribution in [0.1, 0.15) is 32.1 Å². The molecule has 0 spiro atoms. The molecule has 0 unspecified atom stereocenters. The van der Waals surface area contributed by atoms with Gasteiger partial charge in [0.15, 0.2) is 0 Å². The van der Waals surface area contributed by atoms with Crippen molar-refractivity contribution in [1.29, 1.82) is 0 Å². The zero-order valence-electron chi connectivity index (χ0n) is 12.6. The number of rotatable bonds is 8. The van der Waals surface area contributed by atoms with Gasteiger partial charge < -0.3 is 10.6 Å². The maximum atomic E-state index is 12.1. The van der Waals surface area contributed by atoms with Gasteiger partial charge in [0.25, 0.3) is 0 Å². The van der Waals surface area contributed by atoms with E-state index in [2.05, 4.69) is 10.6 Å². The highest BCUT2D eigenvalue weighted by Gasteiger charge is 2.28. The molecule has 0 aromatic carbocycles. The standard InChI is InChI=1S/C14H26F3N3O/c1-20(11-14(15,16)17)10-2-7-19-13(21)4-3-12-5-8-18-9-6-12/h12,18H,2-11H2,1H3,(H,19,21). The number of amides is 1. The van der Waals surface area contributed by atoms with E-state index in [4.69, 9.17) is 0 Å². The number of carbonyl (C=O) groups is 1. The van der Waals surface area contributed by atoms with Crippen molar-refractivity contribution in [2.24, 2.45) is 5.92 Å². The van der Waals surface area contributed by atoms with Gasteiger partial charge in [-0.2, -0.15) is 13.2 Å². The lowest BCUT2D eigenvalue weighted by Crippen LogP contribution is -2.34. The summed E-state index contributed by atoms with van der Waals surface area (Å²) in [6.07, 6.45) is 0.0358. The summed E-state index contributed by atoms with van der Waals surface area (Å²) < 4.78 is 36.3. The van der Waals surface area contributed by atoms with Crippen LogP contribution in [-0.2, 0) is 4.79 Å². The van der Waals surface area contributed by atoms with E-state index in [1.54, 1.807) is 0 Å². The Morgan fingerprint density at radius 2 is 2.00 bits per heavy atom. The number of piperidine rings is 1. The van der Waals surface area contributed by atoms with E-state index in [0.29, 0.717) is 31.8 Å². The van der Waals surface area contributed by atoms with E-state index in [-0.39, 0.29) is 5.91 Å². The lowest BCUT2D eigenvalue weighted by molar-refractivity contribution is -0.143. The van der Waals surface area contributed by atoms with Crippen molar-refractivity contribution in [3.05, 3.63) is 0 Å². The van der Waals surface area contributed by atoms with Gasteiger partial charge in [0.05, 0.1) is 6.54 Å². The molecule has 124 valence electrons. The van der Waals surface area contributed by atoms with E-state index >= 15 is 0 Å². The van der Waals surface area contributed by atoms with Gasteiger partial charge in [-0.15, -0.1) is 0 Å². The second kappa shape index (κ2) is 9.25. The number of hydrogen-bond acceptors (Lipinski definition) is 3. The zero-order chi connectivity index (χ0) is 15.7. The van der Waals surface area contributed by atoms with E-state index < -0.39 is 12.7 Å². The first kappa shape index (κ1) is 18.2. The average Bonchev–Trinajstić information content (AvgIpc) is 2.40. The molecule has 0 aliphatic carbocycles. The molecule has 1 fully saturated rings. The zero-order valence-corrected chi connectivity index (χ0v) is 12.6. The summed E-state index contributed by atoms with van der Waals surface area (Å²) in [6, 6.07) is 0. The molecule has 21 heavy (non-hydrogen) atoms. The fraction of sp³-hybridized carbons (Fsp3) is 0.929. The largest absolute Gasteiger partial charge is 0.401 e. The minimum atomic E-state index is -4.16. The van der Waals surface area contributed by atoms with Crippen LogP contribution in [0.25, 0.3) is 0 Å². The minimum absolute atomic E-state index is 0.00649. The third-order valence-corrected chi connectivity index (χ3v) is 3.73. The summed E-state index contributed by atoms with van der Waals surface area (Å²) in [5, 5.41) is 6.06. The fourth-order valence-electron chi connectivity index (χ4n) is 2.56. The first-order chi connectivity index (χ1) is 9.87. The lowest BCUT2D eigenvalue weighted by Gasteiger charge is -2.22. The summed E-state index contributed by atoms with van der Waals surface area (Å²) >= 11 is 0. The third kappa shape index (κ3) is 9.68. The second-order valence-corrected chi connectivity index (χ2v) is 5.79. The number of alkyl halides is 3. The van der Waals surface area contributed by atoms with Crippen LogP contribution in [0.4, 0.5) is 13.2 Å². The highest BCUT2D eigenvalue weighted by atomic mass is 19.4. The minimum Gasteiger partial charge on any atom is -0.356 e. The molecule has 0 bridgehead atoms. The second-order valence-electron chi connectivity index (χ2n) is 5.79. The van der Waals surface area contributed by atoms with Gasteiger partial charge in [0, 0.05) is 13.0 Å². The van der Waals surface area contributed by atoms with E-state index in [1.165, 1.54) is 11.9 Å². The monoisotopic (exact) mass is 309 g/mol. The first-order valence-corrected chi connectivity index (χ1v) is 7.59. The van der Waals surface area contributed by atoms with Gasteiger partial charge in [-0.1, -0.05) is 0 Å². The first-order valence-electron chi connectivity index (χ1n) is 7.59. The molecular formula is C14H26F3N3O. The molecule has 1 heterocycles. The molecule has 0 aromatic rings. The normalized spacial score (nSPS) is 17.2. The molecule has 0 aromatic heterocycles. The Balaban J connectivity index is 2.00. The van der Waals surface area contributed by atoms with Crippen molar-refractivity contribution < 1.29 is 18.0 Å². The Bertz CT molecular complexity index is 304. The topological polar surface area (TPSA) is 44.4 Å². The van der Waals surface area contributed by atoms with Gasteiger partial charge in [-0.05, 0) is 58.3 Å². The summed E-state index contributed by atoms with van der Waals surface area (Å²) in [7, 11) is 1.44. The van der Waals surface area contributed by atoms with Crippen LogP contribution in [0.2, 0.25) is 0 Å². The van der Waals surface area contributed by atoms with E-state index in [9.17, 15) is 18.0 Å². The average molecular weight is 309 g/mol. The molecule has 0 radical (unpaired) electrons. The van der Waals surface area contributed by atoms with E-state index in [1.807, 2.05) is 0 Å². The van der Waals surface area contributed by atoms with E-state index in [0.717, 1.165) is 32.4 Å². The SMILES string of the molecule is CN(CCCNC(=O)CCC1CCNCC1)CC(F)(F)F. The molecule has 1 amide bonds. The summed E-state index contributed by atoms with van der Waals surface area (Å²) in [4.78, 5) is 12.9. The van der Waals surface area contributed by atoms with Crippen LogP contribution < -0.4 is 10.6 Å². The van der Waals surface area contributed by atoms with Crippen molar-refractivity contribution in [1.82, 2.24) is 15.5 Å². The number of hydrogen-bond donors (Lipinski definition) is 2. The maximum Gasteiger partial charge on any atom is 0.401 e. The molecule has 1 rings (SSSR count). The third-order valence-electron chi connectivity index (χ3n) is 3.73. The summed E-state index contributed by atoms with van der Waals surface area (Å²) in [6.45, 7) is 1.91. The van der Waals surface area contributed by atoms with Gasteiger partial charge in [-0.25, -0.2) is 0 Å². The smallest absolute Gasteiger partial charge is 0.356 e. The number of nitrogens with one attached hydrogen (secondary N) is 2. The van der Waals surface area contributed by atoms with Crippen molar-refractivity contribution in [2.45, 2.75) is 38.3 Å². The predicted molar refractivity (Wildman–Crippen MR) is 76.0 cm³/mol. The van der Waals surface area contributed by atoms with Crippen molar-refractivity contribution >= 4 is 5.91 Å². The molecule has 1 saturated heterocycles. The van der Waals surface area contributed by atoms with Crippen LogP contribution in [0, 0.1) is 5.92 Å². The Hall–Kier alpha value is -0.820. The molecule has 2 N–H and O–H groups in total. The maximum absolute atomic E-state index is 12.1. The van der Waals surface area contributed by atoms with Crippen LogP contribution >= 0.6 is 0 Å². The molecule has 0 saturated carbocycles. The Labute approximate surface area is 124 Å². The van der Waals surface area contributed by atoms with Gasteiger partial charge in [0.2, 0.25) is 5.91 Å². The van der Waals surface area contributed by atoms with Crippen molar-refractivity contribution in [3.63, 3.8) is 0 Å². The highest BCUT2D eigenvalue weighted by molar-refractivity contribution is 5.75. The van der Waals surface area contributed by atoms with Crippen LogP contribution in [0.3, 0.4) is 0 Å². The number of nitrogens with zero attached hydrogens (tertiary/aromatic N) is 1. The molecule has 4 nitrogen and oxygen atoms in total. The molecule has 7 heteroatoms. The Morgan fingerprint density at radius 3 is 2.62 bits per heavy atom. The number of carbonyl (C=O) groups excluding carboxylic acids is 1. The number of halogens is 3. The Kier molecular flexibility index (Phi) is 8.03. The van der Waals surface area contributed by atoms with Crippen LogP contribution in [0.5, 0.6) is 0 Å². The Morgan fingerprint density at radius 1 is 1.33 bits per heavy atom.